The van der Waals surface area contributed by atoms with Crippen LogP contribution in [0.5, 0.6) is 0 Å². The highest BCUT2D eigenvalue weighted by Gasteiger charge is 2.39. The third-order valence-electron chi connectivity index (χ3n) is 4.62. The molecule has 5 heteroatoms. The van der Waals surface area contributed by atoms with Crippen molar-refractivity contribution in [2.75, 3.05) is 6.54 Å². The first kappa shape index (κ1) is 15.6. The van der Waals surface area contributed by atoms with E-state index < -0.39 is 5.97 Å². The average molecular weight is 314 g/mol. The number of hydrogen-bond acceptors (Lipinski definition) is 2. The maximum absolute atomic E-state index is 12.4. The largest absolute Gasteiger partial charge is 0.481 e. The van der Waals surface area contributed by atoms with Crippen molar-refractivity contribution in [1.82, 2.24) is 10.2 Å². The van der Waals surface area contributed by atoms with Crippen molar-refractivity contribution in [2.24, 2.45) is 0 Å². The van der Waals surface area contributed by atoms with Crippen molar-refractivity contribution in [3.8, 4) is 0 Å². The summed E-state index contributed by atoms with van der Waals surface area (Å²) in [7, 11) is 0. The van der Waals surface area contributed by atoms with Gasteiger partial charge in [-0.25, -0.2) is 4.79 Å². The Balaban J connectivity index is 1.61. The van der Waals surface area contributed by atoms with Gasteiger partial charge in [0.1, 0.15) is 0 Å². The molecule has 0 radical (unpaired) electrons. The Morgan fingerprint density at radius 3 is 2.70 bits per heavy atom. The number of carboxylic acids is 1. The smallest absolute Gasteiger partial charge is 0.318 e. The first-order chi connectivity index (χ1) is 11.1. The SMILES string of the molecule is O=C(O)CCCNC(=O)N1C2C=C(c3ccccc3)CC1CC2. The number of aliphatic carboxylic acids is 1. The summed E-state index contributed by atoms with van der Waals surface area (Å²) < 4.78 is 0. The molecule has 23 heavy (non-hydrogen) atoms. The Kier molecular flexibility index (Phi) is 4.65. The summed E-state index contributed by atoms with van der Waals surface area (Å²) in [6, 6.07) is 10.7. The summed E-state index contributed by atoms with van der Waals surface area (Å²) >= 11 is 0. The summed E-state index contributed by atoms with van der Waals surface area (Å²) in [5, 5.41) is 11.5. The van der Waals surface area contributed by atoms with Gasteiger partial charge in [0.05, 0.1) is 6.04 Å². The molecule has 3 rings (SSSR count). The monoisotopic (exact) mass is 314 g/mol. The summed E-state index contributed by atoms with van der Waals surface area (Å²) in [5.41, 5.74) is 2.57. The van der Waals surface area contributed by atoms with E-state index in [1.165, 1.54) is 11.1 Å². The van der Waals surface area contributed by atoms with Crippen molar-refractivity contribution < 1.29 is 14.7 Å². The number of nitrogens with one attached hydrogen (secondary N) is 1. The van der Waals surface area contributed by atoms with Gasteiger partial charge in [0.2, 0.25) is 0 Å². The van der Waals surface area contributed by atoms with Gasteiger partial charge in [0.25, 0.3) is 0 Å². The van der Waals surface area contributed by atoms with E-state index in [4.69, 9.17) is 5.11 Å². The summed E-state index contributed by atoms with van der Waals surface area (Å²) in [4.78, 5) is 24.8. The quantitative estimate of drug-likeness (QED) is 0.821. The maximum Gasteiger partial charge on any atom is 0.318 e. The number of carbonyl (C=O) groups excluding carboxylic acids is 1. The molecule has 0 spiro atoms. The van der Waals surface area contributed by atoms with Crippen LogP contribution in [0.1, 0.15) is 37.7 Å². The van der Waals surface area contributed by atoms with Gasteiger partial charge in [0.15, 0.2) is 0 Å². The van der Waals surface area contributed by atoms with E-state index in [9.17, 15) is 9.59 Å². The highest BCUT2D eigenvalue weighted by atomic mass is 16.4. The Morgan fingerprint density at radius 1 is 1.22 bits per heavy atom. The molecule has 2 heterocycles. The van der Waals surface area contributed by atoms with Gasteiger partial charge in [-0.3, -0.25) is 4.79 Å². The van der Waals surface area contributed by atoms with E-state index in [0.29, 0.717) is 13.0 Å². The first-order valence-corrected chi connectivity index (χ1v) is 8.19. The number of carboxylic acid groups (broad SMARTS) is 1. The average Bonchev–Trinajstić information content (AvgIpc) is 2.82. The van der Waals surface area contributed by atoms with Crippen LogP contribution in [0.2, 0.25) is 0 Å². The molecule has 1 fully saturated rings. The number of fused-ring (bicyclic) bond motifs is 2. The predicted molar refractivity (Wildman–Crippen MR) is 88.0 cm³/mol. The molecule has 2 amide bonds. The number of rotatable bonds is 5. The first-order valence-electron chi connectivity index (χ1n) is 8.19. The fourth-order valence-corrected chi connectivity index (χ4v) is 3.54. The lowest BCUT2D eigenvalue weighted by molar-refractivity contribution is -0.137. The lowest BCUT2D eigenvalue weighted by atomic mass is 9.95. The third-order valence-corrected chi connectivity index (χ3v) is 4.62. The van der Waals surface area contributed by atoms with Crippen molar-refractivity contribution in [2.45, 2.75) is 44.2 Å². The fraction of sp³-hybridized carbons (Fsp3) is 0.444. The number of urea groups is 1. The van der Waals surface area contributed by atoms with Crippen LogP contribution < -0.4 is 5.32 Å². The summed E-state index contributed by atoms with van der Waals surface area (Å²) in [6.07, 6.45) is 5.70. The Bertz CT molecular complexity index is 612. The molecular weight excluding hydrogens is 292 g/mol. The molecular formula is C18H22N2O3. The molecule has 0 aromatic heterocycles. The predicted octanol–water partition coefficient (Wildman–Crippen LogP) is 2.88. The van der Waals surface area contributed by atoms with Crippen molar-refractivity contribution in [1.29, 1.82) is 0 Å². The van der Waals surface area contributed by atoms with Gasteiger partial charge in [-0.2, -0.15) is 0 Å². The van der Waals surface area contributed by atoms with Crippen LogP contribution in [0.4, 0.5) is 4.79 Å². The maximum atomic E-state index is 12.4. The molecule has 2 aliphatic heterocycles. The van der Waals surface area contributed by atoms with Crippen LogP contribution >= 0.6 is 0 Å². The molecule has 5 nitrogen and oxygen atoms in total. The van der Waals surface area contributed by atoms with Gasteiger partial charge in [-0.1, -0.05) is 36.4 Å². The van der Waals surface area contributed by atoms with E-state index in [0.717, 1.165) is 19.3 Å². The Hall–Kier alpha value is -2.30. The molecule has 2 bridgehead atoms. The molecule has 122 valence electrons. The third kappa shape index (κ3) is 3.55. The van der Waals surface area contributed by atoms with Crippen molar-refractivity contribution in [3.63, 3.8) is 0 Å². The normalized spacial score (nSPS) is 22.6. The van der Waals surface area contributed by atoms with Gasteiger partial charge >= 0.3 is 12.0 Å². The zero-order chi connectivity index (χ0) is 16.2. The molecule has 1 aromatic carbocycles. The molecule has 0 aliphatic carbocycles. The van der Waals surface area contributed by atoms with Crippen LogP contribution in [-0.4, -0.2) is 40.6 Å². The van der Waals surface area contributed by atoms with Gasteiger partial charge in [-0.05, 0) is 36.8 Å². The van der Waals surface area contributed by atoms with E-state index >= 15 is 0 Å². The number of benzene rings is 1. The summed E-state index contributed by atoms with van der Waals surface area (Å²) in [6.45, 7) is 0.413. The van der Waals surface area contributed by atoms with Gasteiger partial charge in [0, 0.05) is 19.0 Å². The minimum Gasteiger partial charge on any atom is -0.481 e. The fourth-order valence-electron chi connectivity index (χ4n) is 3.54. The van der Waals surface area contributed by atoms with Gasteiger partial charge in [-0.15, -0.1) is 0 Å². The molecule has 2 atom stereocenters. The zero-order valence-corrected chi connectivity index (χ0v) is 13.1. The number of hydrogen-bond donors (Lipinski definition) is 2. The van der Waals surface area contributed by atoms with E-state index in [2.05, 4.69) is 23.5 Å². The van der Waals surface area contributed by atoms with E-state index in [1.807, 2.05) is 23.1 Å². The molecule has 2 unspecified atom stereocenters. The van der Waals surface area contributed by atoms with Crippen LogP contribution in [-0.2, 0) is 4.79 Å². The highest BCUT2D eigenvalue weighted by molar-refractivity contribution is 5.78. The minimum absolute atomic E-state index is 0.0637. The van der Waals surface area contributed by atoms with Crippen LogP contribution in [0, 0.1) is 0 Å². The Morgan fingerprint density at radius 2 is 2.00 bits per heavy atom. The van der Waals surface area contributed by atoms with Crippen LogP contribution in [0.15, 0.2) is 36.4 Å². The van der Waals surface area contributed by atoms with Crippen molar-refractivity contribution in [3.05, 3.63) is 42.0 Å². The van der Waals surface area contributed by atoms with E-state index in [1.54, 1.807) is 0 Å². The lowest BCUT2D eigenvalue weighted by Crippen LogP contribution is -2.48. The topological polar surface area (TPSA) is 69.6 Å². The second kappa shape index (κ2) is 6.86. The van der Waals surface area contributed by atoms with Crippen molar-refractivity contribution >= 4 is 17.6 Å². The highest BCUT2D eigenvalue weighted by Crippen LogP contribution is 2.38. The Labute approximate surface area is 136 Å². The number of amides is 2. The molecule has 2 N–H and O–H groups in total. The van der Waals surface area contributed by atoms with Crippen LogP contribution in [0.25, 0.3) is 5.57 Å². The lowest BCUT2D eigenvalue weighted by Gasteiger charge is -2.34. The minimum atomic E-state index is -0.826. The molecule has 0 saturated carbocycles. The standard InChI is InChI=1S/C18H22N2O3/c21-17(22)7-4-10-19-18(23)20-15-8-9-16(20)12-14(11-15)13-5-2-1-3-6-13/h1-3,5-6,11,15-16H,4,7-10,12H2,(H,19,23)(H,21,22). The second-order valence-corrected chi connectivity index (χ2v) is 6.20. The summed E-state index contributed by atoms with van der Waals surface area (Å²) in [5.74, 6) is -0.826. The van der Waals surface area contributed by atoms with E-state index in [-0.39, 0.29) is 24.5 Å². The number of carbonyl (C=O) groups is 2. The second-order valence-electron chi connectivity index (χ2n) is 6.20. The van der Waals surface area contributed by atoms with Gasteiger partial charge < -0.3 is 15.3 Å². The molecule has 1 saturated heterocycles. The molecule has 2 aliphatic rings. The van der Waals surface area contributed by atoms with Crippen LogP contribution in [0.3, 0.4) is 0 Å². The number of nitrogens with zero attached hydrogens (tertiary/aromatic N) is 1. The zero-order valence-electron chi connectivity index (χ0n) is 13.1. The molecule has 1 aromatic rings.